The van der Waals surface area contributed by atoms with Gasteiger partial charge in [0.15, 0.2) is 0 Å². The van der Waals surface area contributed by atoms with Crippen LogP contribution < -0.4 is 19.9 Å². The number of anilines is 2. The minimum absolute atomic E-state index is 0.0545. The van der Waals surface area contributed by atoms with E-state index in [1.54, 1.807) is 30.3 Å². The molecule has 4 amide bonds. The number of fused-ring (bicyclic) bond motifs is 1. The highest BCUT2D eigenvalue weighted by Gasteiger charge is 2.38. The first-order valence-corrected chi connectivity index (χ1v) is 11.7. The number of amides is 4. The predicted octanol–water partition coefficient (Wildman–Crippen LogP) is 4.86. The van der Waals surface area contributed by atoms with E-state index in [1.807, 2.05) is 19.1 Å². The molecule has 0 radical (unpaired) electrons. The zero-order valence-electron chi connectivity index (χ0n) is 20.3. The molecule has 34 heavy (non-hydrogen) atoms. The van der Waals surface area contributed by atoms with E-state index in [-0.39, 0.29) is 11.1 Å². The van der Waals surface area contributed by atoms with Crippen LogP contribution in [0, 0.1) is 0 Å². The van der Waals surface area contributed by atoms with Crippen molar-refractivity contribution in [1.29, 1.82) is 0 Å². The normalized spacial score (nSPS) is 20.9. The molecule has 0 spiro atoms. The predicted molar refractivity (Wildman–Crippen MR) is 133 cm³/mol. The molecule has 2 aliphatic rings. The lowest BCUT2D eigenvalue weighted by Crippen LogP contribution is -2.54. The van der Waals surface area contributed by atoms with Crippen LogP contribution in [-0.4, -0.2) is 36.5 Å². The maximum Gasteiger partial charge on any atom is 0.335 e. The lowest BCUT2D eigenvalue weighted by Gasteiger charge is -2.47. The quantitative estimate of drug-likeness (QED) is 0.508. The maximum absolute atomic E-state index is 13.2. The van der Waals surface area contributed by atoms with Crippen molar-refractivity contribution < 1.29 is 19.1 Å². The third kappa shape index (κ3) is 4.18. The molecule has 4 rings (SSSR count). The second-order valence-electron chi connectivity index (χ2n) is 9.36. The lowest BCUT2D eigenvalue weighted by molar-refractivity contribution is -0.122. The second-order valence-corrected chi connectivity index (χ2v) is 9.36. The third-order valence-electron chi connectivity index (χ3n) is 6.54. The van der Waals surface area contributed by atoms with E-state index < -0.39 is 17.8 Å². The minimum atomic E-state index is -0.767. The van der Waals surface area contributed by atoms with Crippen molar-refractivity contribution in [2.75, 3.05) is 23.0 Å². The number of imide groups is 2. The Morgan fingerprint density at radius 1 is 1.09 bits per heavy atom. The van der Waals surface area contributed by atoms with Gasteiger partial charge in [0.05, 0.1) is 12.3 Å². The highest BCUT2D eigenvalue weighted by Crippen LogP contribution is 2.43. The van der Waals surface area contributed by atoms with Crippen molar-refractivity contribution >= 4 is 35.3 Å². The summed E-state index contributed by atoms with van der Waals surface area (Å²) >= 11 is 0. The lowest BCUT2D eigenvalue weighted by atomic mass is 9.79. The summed E-state index contributed by atoms with van der Waals surface area (Å²) in [7, 11) is 0. The number of hydrogen-bond acceptors (Lipinski definition) is 5. The van der Waals surface area contributed by atoms with E-state index in [0.29, 0.717) is 24.0 Å². The van der Waals surface area contributed by atoms with Crippen LogP contribution >= 0.6 is 0 Å². The van der Waals surface area contributed by atoms with Gasteiger partial charge in [0.2, 0.25) is 0 Å². The van der Waals surface area contributed by atoms with E-state index in [0.717, 1.165) is 23.4 Å². The van der Waals surface area contributed by atoms with Gasteiger partial charge in [0.25, 0.3) is 11.8 Å². The topological polar surface area (TPSA) is 79.0 Å². The van der Waals surface area contributed by atoms with Crippen LogP contribution in [0.4, 0.5) is 16.2 Å². The van der Waals surface area contributed by atoms with Crippen LogP contribution in [0.5, 0.6) is 5.75 Å². The molecular formula is C27H31N3O4. The van der Waals surface area contributed by atoms with Crippen LogP contribution in [-0.2, 0) is 9.59 Å². The number of ether oxygens (including phenoxy) is 1. The molecule has 1 saturated heterocycles. The van der Waals surface area contributed by atoms with Gasteiger partial charge in [-0.2, -0.15) is 0 Å². The number of barbiturate groups is 1. The first-order valence-electron chi connectivity index (χ1n) is 11.7. The van der Waals surface area contributed by atoms with Crippen molar-refractivity contribution in [3.05, 3.63) is 59.2 Å². The summed E-state index contributed by atoms with van der Waals surface area (Å²) in [6, 6.07) is 11.9. The smallest absolute Gasteiger partial charge is 0.335 e. The molecule has 1 unspecified atom stereocenters. The summed E-state index contributed by atoms with van der Waals surface area (Å²) in [5.74, 6) is -0.376. The fourth-order valence-electron chi connectivity index (χ4n) is 5.11. The minimum Gasteiger partial charge on any atom is -0.494 e. The first-order chi connectivity index (χ1) is 16.2. The molecule has 7 heteroatoms. The fraction of sp³-hybridized carbons (Fsp3) is 0.370. The molecule has 1 N–H and O–H groups in total. The van der Waals surface area contributed by atoms with E-state index in [9.17, 15) is 14.4 Å². The van der Waals surface area contributed by atoms with Crippen LogP contribution in [0.3, 0.4) is 0 Å². The van der Waals surface area contributed by atoms with Crippen molar-refractivity contribution in [1.82, 2.24) is 5.32 Å². The Balaban J connectivity index is 1.68. The van der Waals surface area contributed by atoms with Gasteiger partial charge in [0, 0.05) is 17.8 Å². The van der Waals surface area contributed by atoms with Gasteiger partial charge < -0.3 is 9.64 Å². The molecule has 178 valence electrons. The van der Waals surface area contributed by atoms with Crippen LogP contribution in [0.2, 0.25) is 0 Å². The largest absolute Gasteiger partial charge is 0.494 e. The average molecular weight is 462 g/mol. The first kappa shape index (κ1) is 23.5. The molecule has 0 bridgehead atoms. The molecule has 0 saturated carbocycles. The summed E-state index contributed by atoms with van der Waals surface area (Å²) in [5.41, 5.74) is 3.46. The highest BCUT2D eigenvalue weighted by molar-refractivity contribution is 6.39. The summed E-state index contributed by atoms with van der Waals surface area (Å²) in [5, 5.41) is 2.29. The summed E-state index contributed by atoms with van der Waals surface area (Å²) < 4.78 is 5.43. The number of rotatable bonds is 5. The molecule has 0 aromatic heterocycles. The zero-order chi connectivity index (χ0) is 24.6. The Bertz CT molecular complexity index is 1170. The van der Waals surface area contributed by atoms with E-state index >= 15 is 0 Å². The molecule has 2 aliphatic heterocycles. The Kier molecular flexibility index (Phi) is 6.21. The van der Waals surface area contributed by atoms with Gasteiger partial charge in [-0.3, -0.25) is 14.9 Å². The number of benzene rings is 2. The van der Waals surface area contributed by atoms with Crippen LogP contribution in [0.25, 0.3) is 6.08 Å². The molecule has 2 aromatic carbocycles. The second kappa shape index (κ2) is 8.97. The number of carbonyl (C=O) groups excluding carboxylic acids is 3. The zero-order valence-corrected chi connectivity index (χ0v) is 20.3. The van der Waals surface area contributed by atoms with Crippen LogP contribution in [0.15, 0.2) is 48.0 Å². The summed E-state index contributed by atoms with van der Waals surface area (Å²) in [6.45, 7) is 12.1. The highest BCUT2D eigenvalue weighted by atomic mass is 16.5. The number of nitrogens with zero attached hydrogens (tertiary/aromatic N) is 2. The molecule has 1 fully saturated rings. The molecule has 1 atom stereocenters. The van der Waals surface area contributed by atoms with Gasteiger partial charge in [-0.15, -0.1) is 0 Å². The average Bonchev–Trinajstić information content (AvgIpc) is 2.78. The molecule has 0 aliphatic carbocycles. The van der Waals surface area contributed by atoms with Crippen molar-refractivity contribution in [2.24, 2.45) is 0 Å². The van der Waals surface area contributed by atoms with E-state index in [2.05, 4.69) is 44.0 Å². The van der Waals surface area contributed by atoms with Crippen LogP contribution in [0.1, 0.15) is 58.1 Å². The van der Waals surface area contributed by atoms with Crippen molar-refractivity contribution in [2.45, 2.75) is 52.5 Å². The molecule has 2 heterocycles. The Morgan fingerprint density at radius 2 is 1.79 bits per heavy atom. The molecular weight excluding hydrogens is 430 g/mol. The number of hydrogen-bond donors (Lipinski definition) is 1. The van der Waals surface area contributed by atoms with Gasteiger partial charge in [-0.25, -0.2) is 9.69 Å². The fourth-order valence-corrected chi connectivity index (χ4v) is 5.11. The number of carbonyl (C=O) groups is 3. The molecule has 7 nitrogen and oxygen atoms in total. The number of nitrogens with one attached hydrogen (secondary N) is 1. The summed E-state index contributed by atoms with van der Waals surface area (Å²) in [6.07, 6.45) is 2.57. The van der Waals surface area contributed by atoms with Gasteiger partial charge in [-0.1, -0.05) is 13.0 Å². The van der Waals surface area contributed by atoms with E-state index in [4.69, 9.17) is 4.74 Å². The summed E-state index contributed by atoms with van der Waals surface area (Å²) in [4.78, 5) is 41.7. The van der Waals surface area contributed by atoms with Gasteiger partial charge in [0.1, 0.15) is 11.3 Å². The van der Waals surface area contributed by atoms with Gasteiger partial charge >= 0.3 is 6.03 Å². The Hall–Kier alpha value is -3.61. The van der Waals surface area contributed by atoms with Crippen molar-refractivity contribution in [3.8, 4) is 5.75 Å². The number of urea groups is 1. The monoisotopic (exact) mass is 461 g/mol. The Morgan fingerprint density at radius 3 is 2.44 bits per heavy atom. The van der Waals surface area contributed by atoms with Gasteiger partial charge in [-0.05, 0) is 93.6 Å². The maximum atomic E-state index is 13.2. The van der Waals surface area contributed by atoms with E-state index in [1.165, 1.54) is 11.3 Å². The Labute approximate surface area is 200 Å². The third-order valence-corrected chi connectivity index (χ3v) is 6.54. The SMILES string of the molecule is CCOc1ccc(N2C(=O)NC(=O)/C(=C\c3ccc4c(c3)C(C)CC(C)(C)N4CC)C2=O)cc1. The molecule has 2 aromatic rings. The van der Waals surface area contributed by atoms with Crippen molar-refractivity contribution in [3.63, 3.8) is 0 Å². The standard InChI is InChI=1S/C27H31N3O4/c1-6-29-23-13-8-18(14-21(23)17(3)16-27(29,4)5)15-22-24(31)28-26(33)30(25(22)32)19-9-11-20(12-10-19)34-7-2/h8-15,17H,6-7,16H2,1-5H3,(H,28,31,33)/b22-15+.